The van der Waals surface area contributed by atoms with Crippen LogP contribution in [-0.2, 0) is 22.1 Å². The molecule has 36 heavy (non-hydrogen) atoms. The predicted octanol–water partition coefficient (Wildman–Crippen LogP) is 3.86. The number of primary amides is 1. The van der Waals surface area contributed by atoms with Crippen LogP contribution in [0, 0.1) is 11.3 Å². The Morgan fingerprint density at radius 1 is 1.06 bits per heavy atom. The Labute approximate surface area is 203 Å². The van der Waals surface area contributed by atoms with E-state index in [2.05, 4.69) is 0 Å². The van der Waals surface area contributed by atoms with Gasteiger partial charge in [0.2, 0.25) is 17.7 Å². The Balaban J connectivity index is 1.63. The van der Waals surface area contributed by atoms with E-state index in [1.807, 2.05) is 4.90 Å². The number of hydrogen-bond donors (Lipinski definition) is 3. The summed E-state index contributed by atoms with van der Waals surface area (Å²) in [7, 11) is 0. The van der Waals surface area contributed by atoms with Gasteiger partial charge in [0.05, 0.1) is 47.1 Å². The number of aromatic nitrogens is 1. The number of benzene rings is 2. The van der Waals surface area contributed by atoms with Crippen LogP contribution >= 0.6 is 0 Å². The van der Waals surface area contributed by atoms with Crippen LogP contribution in [0.2, 0.25) is 0 Å². The van der Waals surface area contributed by atoms with E-state index in [1.54, 1.807) is 38.1 Å². The second-order valence-electron chi connectivity index (χ2n) is 9.41. The van der Waals surface area contributed by atoms with Gasteiger partial charge in [-0.1, -0.05) is 6.07 Å². The van der Waals surface area contributed by atoms with Gasteiger partial charge in [0.25, 0.3) is 0 Å². The number of carbonyl (C=O) groups excluding carboxylic acids is 1. The van der Waals surface area contributed by atoms with Crippen LogP contribution < -0.4 is 10.6 Å². The third-order valence-electron chi connectivity index (χ3n) is 6.80. The minimum absolute atomic E-state index is 0.151. The maximum atomic E-state index is 13.5. The lowest BCUT2D eigenvalue weighted by Gasteiger charge is -2.45. The molecule has 2 bridgehead atoms. The molecule has 11 heteroatoms. The number of nitrogens with two attached hydrogens (primary N) is 1. The number of amides is 1. The third-order valence-corrected chi connectivity index (χ3v) is 6.80. The molecule has 3 heterocycles. The van der Waals surface area contributed by atoms with Gasteiger partial charge in [-0.05, 0) is 50.2 Å². The van der Waals surface area contributed by atoms with E-state index >= 15 is 0 Å². The number of nitrogens with zero attached hydrogens (tertiary/aromatic N) is 3. The van der Waals surface area contributed by atoms with Crippen LogP contribution in [0.4, 0.5) is 18.9 Å². The molecule has 5 rings (SSSR count). The fourth-order valence-electron chi connectivity index (χ4n) is 5.44. The average molecular weight is 498 g/mol. The highest BCUT2D eigenvalue weighted by atomic mass is 19.4. The van der Waals surface area contributed by atoms with Gasteiger partial charge < -0.3 is 25.6 Å². The molecule has 3 aromatic rings. The highest BCUT2D eigenvalue weighted by molar-refractivity contribution is 5.93. The number of hydrogen-bond acceptors (Lipinski definition) is 6. The monoisotopic (exact) mass is 498 g/mol. The molecular formula is C25H21F3N4O4. The van der Waals surface area contributed by atoms with E-state index < -0.39 is 46.2 Å². The molecule has 2 unspecified atom stereocenters. The fourth-order valence-corrected chi connectivity index (χ4v) is 5.44. The zero-order valence-electron chi connectivity index (χ0n) is 19.2. The van der Waals surface area contributed by atoms with Crippen molar-refractivity contribution in [3.63, 3.8) is 0 Å². The minimum atomic E-state index is -4.81. The van der Waals surface area contributed by atoms with Crippen LogP contribution in [0.25, 0.3) is 5.69 Å². The Bertz CT molecular complexity index is 1430. The second kappa shape index (κ2) is 7.41. The van der Waals surface area contributed by atoms with Gasteiger partial charge in [-0.3, -0.25) is 9.36 Å². The number of halogens is 3. The van der Waals surface area contributed by atoms with Crippen molar-refractivity contribution in [1.82, 2.24) is 4.57 Å². The van der Waals surface area contributed by atoms with E-state index in [0.717, 1.165) is 16.7 Å². The molecule has 1 saturated heterocycles. The number of rotatable bonds is 3. The molecule has 2 aromatic carbocycles. The summed E-state index contributed by atoms with van der Waals surface area (Å²) in [5, 5.41) is 31.5. The highest BCUT2D eigenvalue weighted by Crippen LogP contribution is 2.59. The SMILES string of the molecule is CC12CN(c3cccc(C(N)=O)c3)CC(C)(O1)c1c2c(O)n(-c2ccc(C#N)c(C(F)(F)F)c2)c1O. The molecule has 1 fully saturated rings. The first-order valence-electron chi connectivity index (χ1n) is 10.9. The molecule has 1 aromatic heterocycles. The first-order valence-corrected chi connectivity index (χ1v) is 10.9. The number of morpholine rings is 1. The van der Waals surface area contributed by atoms with Gasteiger partial charge >= 0.3 is 6.18 Å². The van der Waals surface area contributed by atoms with Gasteiger partial charge in [0.1, 0.15) is 11.2 Å². The maximum absolute atomic E-state index is 13.5. The Kier molecular flexibility index (Phi) is 4.85. The van der Waals surface area contributed by atoms with Crippen molar-refractivity contribution in [2.75, 3.05) is 18.0 Å². The van der Waals surface area contributed by atoms with Crippen molar-refractivity contribution in [3.05, 3.63) is 70.3 Å². The quantitative estimate of drug-likeness (QED) is 0.504. The van der Waals surface area contributed by atoms with Crippen molar-refractivity contribution in [3.8, 4) is 23.5 Å². The van der Waals surface area contributed by atoms with Gasteiger partial charge in [-0.15, -0.1) is 0 Å². The van der Waals surface area contributed by atoms with E-state index in [1.165, 1.54) is 12.1 Å². The molecule has 0 saturated carbocycles. The fraction of sp³-hybridized carbons (Fsp3) is 0.280. The van der Waals surface area contributed by atoms with Gasteiger partial charge in [0, 0.05) is 11.3 Å². The van der Waals surface area contributed by atoms with Crippen LogP contribution in [-0.4, -0.2) is 33.8 Å². The largest absolute Gasteiger partial charge is 0.494 e. The van der Waals surface area contributed by atoms with Crippen LogP contribution in [0.1, 0.15) is 46.5 Å². The van der Waals surface area contributed by atoms with Gasteiger partial charge in [-0.2, -0.15) is 18.4 Å². The lowest BCUT2D eigenvalue weighted by molar-refractivity contribution is -0.139. The number of alkyl halides is 3. The molecule has 2 aliphatic rings. The minimum Gasteiger partial charge on any atom is -0.494 e. The number of carbonyl (C=O) groups is 1. The van der Waals surface area contributed by atoms with E-state index in [9.17, 15) is 28.2 Å². The smallest absolute Gasteiger partial charge is 0.417 e. The molecule has 4 N–H and O–H groups in total. The summed E-state index contributed by atoms with van der Waals surface area (Å²) in [5.41, 5.74) is 2.75. The van der Waals surface area contributed by atoms with Crippen molar-refractivity contribution in [2.24, 2.45) is 5.73 Å². The van der Waals surface area contributed by atoms with Crippen LogP contribution in [0.3, 0.4) is 0 Å². The maximum Gasteiger partial charge on any atom is 0.417 e. The lowest BCUT2D eigenvalue weighted by atomic mass is 9.94. The Hall–Kier alpha value is -4.17. The number of aromatic hydroxyl groups is 2. The Morgan fingerprint density at radius 3 is 2.19 bits per heavy atom. The number of ether oxygens (including phenoxy) is 1. The first kappa shape index (κ1) is 23.6. The van der Waals surface area contributed by atoms with E-state index in [0.29, 0.717) is 11.3 Å². The lowest BCUT2D eigenvalue weighted by Crippen LogP contribution is -2.52. The summed E-state index contributed by atoms with van der Waals surface area (Å²) in [5.74, 6) is -1.50. The predicted molar refractivity (Wildman–Crippen MR) is 122 cm³/mol. The molecule has 2 aliphatic heterocycles. The van der Waals surface area contributed by atoms with Crippen molar-refractivity contribution in [1.29, 1.82) is 5.26 Å². The topological polar surface area (TPSA) is 125 Å². The first-order chi connectivity index (χ1) is 16.8. The van der Waals surface area contributed by atoms with Crippen molar-refractivity contribution < 1.29 is 32.9 Å². The summed E-state index contributed by atoms with van der Waals surface area (Å²) in [6, 6.07) is 11.2. The summed E-state index contributed by atoms with van der Waals surface area (Å²) in [4.78, 5) is 13.6. The number of fused-ring (bicyclic) bond motifs is 5. The zero-order chi connectivity index (χ0) is 26.2. The molecule has 0 spiro atoms. The summed E-state index contributed by atoms with van der Waals surface area (Å²) in [6.45, 7) is 3.86. The summed E-state index contributed by atoms with van der Waals surface area (Å²) in [6.07, 6.45) is -4.81. The molecule has 2 atom stereocenters. The van der Waals surface area contributed by atoms with E-state index in [-0.39, 0.29) is 29.9 Å². The average Bonchev–Trinajstić information content (AvgIpc) is 3.18. The molecule has 1 amide bonds. The standard InChI is InChI=1S/C25H21F3N4O4/c1-23-11-31(15-5-3-4-13(8-15)20(30)33)12-24(2,36-23)19-18(23)21(34)32(22(19)35)16-7-6-14(10-29)17(9-16)25(26,27)28/h3-9,34-35H,11-12H2,1-2H3,(H2,30,33). The highest BCUT2D eigenvalue weighted by Gasteiger charge is 2.59. The number of anilines is 1. The molecule has 186 valence electrons. The second-order valence-corrected chi connectivity index (χ2v) is 9.41. The Morgan fingerprint density at radius 2 is 1.67 bits per heavy atom. The number of nitriles is 1. The molecule has 0 aliphatic carbocycles. The normalized spacial score (nSPS) is 22.8. The third kappa shape index (κ3) is 3.29. The van der Waals surface area contributed by atoms with Crippen molar-refractivity contribution >= 4 is 11.6 Å². The van der Waals surface area contributed by atoms with Crippen LogP contribution in [0.5, 0.6) is 11.8 Å². The molecular weight excluding hydrogens is 477 g/mol. The molecule has 0 radical (unpaired) electrons. The summed E-state index contributed by atoms with van der Waals surface area (Å²) >= 11 is 0. The zero-order valence-corrected chi connectivity index (χ0v) is 19.2. The van der Waals surface area contributed by atoms with Crippen molar-refractivity contribution in [2.45, 2.75) is 31.2 Å². The summed E-state index contributed by atoms with van der Waals surface area (Å²) < 4.78 is 47.9. The van der Waals surface area contributed by atoms with Gasteiger partial charge in [0.15, 0.2) is 0 Å². The van der Waals surface area contributed by atoms with Gasteiger partial charge in [-0.25, -0.2) is 0 Å². The molecule has 8 nitrogen and oxygen atoms in total. The van der Waals surface area contributed by atoms with Crippen LogP contribution in [0.15, 0.2) is 42.5 Å². The van der Waals surface area contributed by atoms with E-state index in [4.69, 9.17) is 15.7 Å².